The lowest BCUT2D eigenvalue weighted by Gasteiger charge is -2.09. The van der Waals surface area contributed by atoms with E-state index >= 15 is 0 Å². The van der Waals surface area contributed by atoms with E-state index in [0.29, 0.717) is 29.9 Å². The number of aromatic nitrogens is 1. The third kappa shape index (κ3) is 3.68. The van der Waals surface area contributed by atoms with Crippen molar-refractivity contribution in [1.82, 2.24) is 10.3 Å². The minimum atomic E-state index is -0.289. The molecule has 1 N–H and O–H groups in total. The Kier molecular flexibility index (Phi) is 4.70. The van der Waals surface area contributed by atoms with Gasteiger partial charge in [-0.3, -0.25) is 9.78 Å². The molecule has 2 heterocycles. The van der Waals surface area contributed by atoms with Gasteiger partial charge in [-0.25, -0.2) is 4.39 Å². The van der Waals surface area contributed by atoms with Crippen LogP contribution in [0.5, 0.6) is 0 Å². The summed E-state index contributed by atoms with van der Waals surface area (Å²) in [4.78, 5) is 16.7. The molecule has 122 valence electrons. The van der Waals surface area contributed by atoms with Gasteiger partial charge < -0.3 is 9.73 Å². The number of benzene rings is 1. The van der Waals surface area contributed by atoms with Crippen molar-refractivity contribution in [3.8, 4) is 11.3 Å². The Morgan fingerprint density at radius 2 is 1.96 bits per heavy atom. The summed E-state index contributed by atoms with van der Waals surface area (Å²) in [6, 6.07) is 13.3. The number of hydrogen-bond acceptors (Lipinski definition) is 3. The standard InChI is InChI=1S/C19H17FN2O2/c1-13-17(19(23)21-11-10-16-3-2-12-24-16)8-9-18(22-13)14-4-6-15(20)7-5-14/h2-9,12H,10-11H2,1H3,(H,21,23). The lowest BCUT2D eigenvalue weighted by Crippen LogP contribution is -2.26. The Hall–Kier alpha value is -2.95. The second kappa shape index (κ2) is 7.08. The first-order chi connectivity index (χ1) is 11.6. The molecule has 0 bridgehead atoms. The maximum Gasteiger partial charge on any atom is 0.253 e. The van der Waals surface area contributed by atoms with Crippen LogP contribution in [0.2, 0.25) is 0 Å². The number of carbonyl (C=O) groups excluding carboxylic acids is 1. The molecule has 0 saturated carbocycles. The summed E-state index contributed by atoms with van der Waals surface area (Å²) >= 11 is 0. The average molecular weight is 324 g/mol. The molecular weight excluding hydrogens is 307 g/mol. The predicted molar refractivity (Wildman–Crippen MR) is 89.1 cm³/mol. The number of carbonyl (C=O) groups is 1. The molecule has 0 aliphatic heterocycles. The van der Waals surface area contributed by atoms with Crippen LogP contribution in [-0.2, 0) is 6.42 Å². The van der Waals surface area contributed by atoms with Gasteiger partial charge in [0.1, 0.15) is 11.6 Å². The molecule has 1 amide bonds. The van der Waals surface area contributed by atoms with E-state index in [0.717, 1.165) is 11.3 Å². The first-order valence-corrected chi connectivity index (χ1v) is 7.67. The molecule has 0 radical (unpaired) electrons. The SMILES string of the molecule is Cc1nc(-c2ccc(F)cc2)ccc1C(=O)NCCc1ccco1. The second-order valence-electron chi connectivity index (χ2n) is 5.42. The van der Waals surface area contributed by atoms with E-state index in [1.807, 2.05) is 12.1 Å². The van der Waals surface area contributed by atoms with Crippen LogP contribution in [0.4, 0.5) is 4.39 Å². The number of halogens is 1. The number of pyridine rings is 1. The molecule has 3 rings (SSSR count). The van der Waals surface area contributed by atoms with Gasteiger partial charge in [-0.2, -0.15) is 0 Å². The molecule has 0 unspecified atom stereocenters. The topological polar surface area (TPSA) is 55.1 Å². The van der Waals surface area contributed by atoms with Crippen molar-refractivity contribution < 1.29 is 13.6 Å². The summed E-state index contributed by atoms with van der Waals surface area (Å²) in [7, 11) is 0. The Bertz CT molecular complexity index is 827. The van der Waals surface area contributed by atoms with Crippen molar-refractivity contribution in [2.75, 3.05) is 6.54 Å². The quantitative estimate of drug-likeness (QED) is 0.777. The number of rotatable bonds is 5. The van der Waals surface area contributed by atoms with Gasteiger partial charge in [0.15, 0.2) is 0 Å². The van der Waals surface area contributed by atoms with E-state index in [9.17, 15) is 9.18 Å². The third-order valence-corrected chi connectivity index (χ3v) is 3.71. The molecule has 4 nitrogen and oxygen atoms in total. The molecule has 0 saturated heterocycles. The molecule has 0 aliphatic rings. The lowest BCUT2D eigenvalue weighted by molar-refractivity contribution is 0.0952. The van der Waals surface area contributed by atoms with E-state index in [-0.39, 0.29) is 11.7 Å². The van der Waals surface area contributed by atoms with Gasteiger partial charge in [0.05, 0.1) is 23.2 Å². The zero-order valence-corrected chi connectivity index (χ0v) is 13.3. The smallest absolute Gasteiger partial charge is 0.253 e. The number of furan rings is 1. The molecule has 2 aromatic heterocycles. The maximum atomic E-state index is 13.0. The fourth-order valence-electron chi connectivity index (χ4n) is 2.43. The third-order valence-electron chi connectivity index (χ3n) is 3.71. The predicted octanol–water partition coefficient (Wildman–Crippen LogP) is 3.76. The van der Waals surface area contributed by atoms with Crippen molar-refractivity contribution in [3.05, 3.63) is 77.6 Å². The number of amides is 1. The lowest BCUT2D eigenvalue weighted by atomic mass is 10.1. The Labute approximate surface area is 139 Å². The van der Waals surface area contributed by atoms with Crippen molar-refractivity contribution in [2.45, 2.75) is 13.3 Å². The van der Waals surface area contributed by atoms with Crippen molar-refractivity contribution in [3.63, 3.8) is 0 Å². The fraction of sp³-hybridized carbons (Fsp3) is 0.158. The van der Waals surface area contributed by atoms with Gasteiger partial charge in [-0.15, -0.1) is 0 Å². The molecule has 0 spiro atoms. The largest absolute Gasteiger partial charge is 0.469 e. The molecule has 0 atom stereocenters. The number of aryl methyl sites for hydroxylation is 1. The van der Waals surface area contributed by atoms with Crippen LogP contribution in [0.1, 0.15) is 21.8 Å². The summed E-state index contributed by atoms with van der Waals surface area (Å²) in [5.74, 6) is 0.372. The van der Waals surface area contributed by atoms with Crippen LogP contribution in [0, 0.1) is 12.7 Å². The van der Waals surface area contributed by atoms with Crippen molar-refractivity contribution in [2.24, 2.45) is 0 Å². The van der Waals surface area contributed by atoms with Crippen LogP contribution >= 0.6 is 0 Å². The van der Waals surface area contributed by atoms with Crippen molar-refractivity contribution >= 4 is 5.91 Å². The maximum absolute atomic E-state index is 13.0. The molecular formula is C19H17FN2O2. The number of nitrogens with zero attached hydrogens (tertiary/aromatic N) is 1. The van der Waals surface area contributed by atoms with Crippen LogP contribution < -0.4 is 5.32 Å². The molecule has 3 aromatic rings. The summed E-state index contributed by atoms with van der Waals surface area (Å²) in [5.41, 5.74) is 2.68. The summed E-state index contributed by atoms with van der Waals surface area (Å²) < 4.78 is 18.2. The monoisotopic (exact) mass is 324 g/mol. The van der Waals surface area contributed by atoms with Crippen LogP contribution in [0.15, 0.2) is 59.2 Å². The van der Waals surface area contributed by atoms with Crippen LogP contribution in [-0.4, -0.2) is 17.4 Å². The van der Waals surface area contributed by atoms with E-state index in [1.165, 1.54) is 12.1 Å². The highest BCUT2D eigenvalue weighted by Gasteiger charge is 2.11. The van der Waals surface area contributed by atoms with Gasteiger partial charge >= 0.3 is 0 Å². The van der Waals surface area contributed by atoms with Gasteiger partial charge in [0.2, 0.25) is 0 Å². The Morgan fingerprint density at radius 3 is 2.62 bits per heavy atom. The molecule has 5 heteroatoms. The first kappa shape index (κ1) is 15.9. The number of hydrogen-bond donors (Lipinski definition) is 1. The van der Waals surface area contributed by atoms with Gasteiger partial charge in [-0.05, 0) is 55.5 Å². The second-order valence-corrected chi connectivity index (χ2v) is 5.42. The van der Waals surface area contributed by atoms with E-state index in [4.69, 9.17) is 4.42 Å². The summed E-state index contributed by atoms with van der Waals surface area (Å²) in [6.45, 7) is 2.28. The first-order valence-electron chi connectivity index (χ1n) is 7.67. The highest BCUT2D eigenvalue weighted by Crippen LogP contribution is 2.19. The van der Waals surface area contributed by atoms with Gasteiger partial charge in [-0.1, -0.05) is 0 Å². The van der Waals surface area contributed by atoms with Crippen LogP contribution in [0.3, 0.4) is 0 Å². The van der Waals surface area contributed by atoms with Crippen LogP contribution in [0.25, 0.3) is 11.3 Å². The highest BCUT2D eigenvalue weighted by molar-refractivity contribution is 5.95. The Balaban J connectivity index is 1.67. The minimum Gasteiger partial charge on any atom is -0.469 e. The van der Waals surface area contributed by atoms with Gasteiger partial charge in [0.25, 0.3) is 5.91 Å². The van der Waals surface area contributed by atoms with Gasteiger partial charge in [0, 0.05) is 18.5 Å². The summed E-state index contributed by atoms with van der Waals surface area (Å²) in [6.07, 6.45) is 2.25. The molecule has 24 heavy (non-hydrogen) atoms. The highest BCUT2D eigenvalue weighted by atomic mass is 19.1. The normalized spacial score (nSPS) is 10.6. The van der Waals surface area contributed by atoms with E-state index in [2.05, 4.69) is 10.3 Å². The molecule has 0 aliphatic carbocycles. The molecule has 0 fully saturated rings. The minimum absolute atomic E-state index is 0.169. The zero-order chi connectivity index (χ0) is 16.9. The summed E-state index contributed by atoms with van der Waals surface area (Å²) in [5, 5.41) is 2.86. The van der Waals surface area contributed by atoms with Crippen molar-refractivity contribution in [1.29, 1.82) is 0 Å². The Morgan fingerprint density at radius 1 is 1.17 bits per heavy atom. The molecule has 1 aromatic carbocycles. The average Bonchev–Trinajstić information content (AvgIpc) is 3.08. The zero-order valence-electron chi connectivity index (χ0n) is 13.3. The van der Waals surface area contributed by atoms with E-state index in [1.54, 1.807) is 37.5 Å². The number of nitrogens with one attached hydrogen (secondary N) is 1. The fourth-order valence-corrected chi connectivity index (χ4v) is 2.43. The van der Waals surface area contributed by atoms with E-state index < -0.39 is 0 Å².